The van der Waals surface area contributed by atoms with Crippen LogP contribution in [0, 0.1) is 0 Å². The molecule has 124 valence electrons. The third-order valence-electron chi connectivity index (χ3n) is 3.06. The summed E-state index contributed by atoms with van der Waals surface area (Å²) in [7, 11) is -2.64. The van der Waals surface area contributed by atoms with E-state index in [4.69, 9.17) is 0 Å². The number of hydrogen-bond donors (Lipinski definition) is 2. The molecule has 10 heteroatoms. The number of nitrogens with one attached hydrogen (secondary N) is 2. The zero-order valence-electron chi connectivity index (χ0n) is 12.5. The van der Waals surface area contributed by atoms with Crippen LogP contribution in [0.25, 0.3) is 0 Å². The molecule has 9 nitrogen and oxygen atoms in total. The number of esters is 1. The second-order valence-corrected chi connectivity index (χ2v) is 6.52. The topological polar surface area (TPSA) is 122 Å². The van der Waals surface area contributed by atoms with Crippen LogP contribution in [0.15, 0.2) is 18.2 Å². The maximum Gasteiger partial charge on any atom is 0.339 e. The molecule has 1 aromatic rings. The van der Waals surface area contributed by atoms with E-state index in [0.29, 0.717) is 5.56 Å². The first kappa shape index (κ1) is 16.9. The lowest BCUT2D eigenvalue weighted by Gasteiger charge is -2.15. The van der Waals surface area contributed by atoms with Gasteiger partial charge in [-0.1, -0.05) is 6.07 Å². The van der Waals surface area contributed by atoms with Gasteiger partial charge in [0.15, 0.2) is 0 Å². The van der Waals surface area contributed by atoms with Crippen molar-refractivity contribution < 1.29 is 27.5 Å². The number of amides is 2. The van der Waals surface area contributed by atoms with E-state index in [-0.39, 0.29) is 24.3 Å². The van der Waals surface area contributed by atoms with Crippen LogP contribution in [-0.4, -0.2) is 44.2 Å². The Labute approximate surface area is 132 Å². The van der Waals surface area contributed by atoms with E-state index in [1.807, 2.05) is 4.72 Å². The molecule has 2 amide bonds. The summed E-state index contributed by atoms with van der Waals surface area (Å²) in [6.07, 6.45) is 0. The summed E-state index contributed by atoms with van der Waals surface area (Å²) in [5.74, 6) is -1.64. The fourth-order valence-corrected chi connectivity index (χ4v) is 3.19. The van der Waals surface area contributed by atoms with Crippen LogP contribution in [0.4, 0.5) is 5.69 Å². The lowest BCUT2D eigenvalue weighted by molar-refractivity contribution is -0.118. The largest absolute Gasteiger partial charge is 0.465 e. The van der Waals surface area contributed by atoms with Gasteiger partial charge in [-0.3, -0.25) is 9.59 Å². The van der Waals surface area contributed by atoms with Crippen molar-refractivity contribution in [2.45, 2.75) is 13.5 Å². The molecule has 1 heterocycles. The van der Waals surface area contributed by atoms with Crippen LogP contribution in [0.1, 0.15) is 22.8 Å². The van der Waals surface area contributed by atoms with Gasteiger partial charge in [0.25, 0.3) is 0 Å². The van der Waals surface area contributed by atoms with Crippen LogP contribution in [0.5, 0.6) is 0 Å². The highest BCUT2D eigenvalue weighted by molar-refractivity contribution is 7.88. The molecule has 1 fully saturated rings. The molecule has 0 radical (unpaired) electrons. The lowest BCUT2D eigenvalue weighted by Crippen LogP contribution is -2.29. The van der Waals surface area contributed by atoms with Crippen molar-refractivity contribution in [1.82, 2.24) is 9.03 Å². The second kappa shape index (κ2) is 6.34. The van der Waals surface area contributed by atoms with Crippen LogP contribution in [-0.2, 0) is 31.1 Å². The van der Waals surface area contributed by atoms with Crippen LogP contribution >= 0.6 is 0 Å². The molecule has 2 N–H and O–H groups in total. The quantitative estimate of drug-likeness (QED) is 0.719. The fourth-order valence-electron chi connectivity index (χ4n) is 2.10. The molecule has 0 atom stereocenters. The molecule has 1 aromatic carbocycles. The number of rotatable bonds is 4. The van der Waals surface area contributed by atoms with Crippen LogP contribution in [0.2, 0.25) is 0 Å². The van der Waals surface area contributed by atoms with E-state index < -0.39 is 28.0 Å². The van der Waals surface area contributed by atoms with E-state index in [9.17, 15) is 22.8 Å². The normalized spacial score (nSPS) is 16.7. The molecular weight excluding hydrogens is 326 g/mol. The molecule has 1 saturated heterocycles. The van der Waals surface area contributed by atoms with Gasteiger partial charge in [0.2, 0.25) is 11.8 Å². The summed E-state index contributed by atoms with van der Waals surface area (Å²) in [6, 6.07) is 4.41. The standard InChI is InChI=1S/C13H15N3O6S/c1-8(17)14-11-5-9(3-4-10(11)13(19)22-2)6-16-7-12(18)15-23(16,20)21/h3-5H,6-7H2,1-2H3,(H,14,17)(H,15,18). The molecule has 0 saturated carbocycles. The number of nitrogens with zero attached hydrogens (tertiary/aromatic N) is 1. The van der Waals surface area contributed by atoms with E-state index in [1.54, 1.807) is 0 Å². The highest BCUT2D eigenvalue weighted by Crippen LogP contribution is 2.21. The number of carbonyl (C=O) groups excluding carboxylic acids is 3. The molecule has 0 aromatic heterocycles. The number of carbonyl (C=O) groups is 3. The Balaban J connectivity index is 2.32. The molecule has 1 aliphatic heterocycles. The van der Waals surface area contributed by atoms with Crippen LogP contribution < -0.4 is 10.0 Å². The summed E-state index contributed by atoms with van der Waals surface area (Å²) < 4.78 is 30.9. The van der Waals surface area contributed by atoms with Crippen molar-refractivity contribution in [3.05, 3.63) is 29.3 Å². The second-order valence-electron chi connectivity index (χ2n) is 4.85. The van der Waals surface area contributed by atoms with E-state index in [2.05, 4.69) is 10.1 Å². The Kier molecular flexibility index (Phi) is 4.66. The predicted octanol–water partition coefficient (Wildman–Crippen LogP) is -0.392. The van der Waals surface area contributed by atoms with Crippen LogP contribution in [0.3, 0.4) is 0 Å². The highest BCUT2D eigenvalue weighted by Gasteiger charge is 2.33. The third-order valence-corrected chi connectivity index (χ3v) is 4.49. The first-order valence-electron chi connectivity index (χ1n) is 6.52. The fraction of sp³-hybridized carbons (Fsp3) is 0.308. The van der Waals surface area contributed by atoms with Crippen molar-refractivity contribution >= 4 is 33.7 Å². The number of anilines is 1. The maximum atomic E-state index is 11.7. The first-order valence-corrected chi connectivity index (χ1v) is 7.96. The number of hydrogen-bond acceptors (Lipinski definition) is 6. The molecule has 0 bridgehead atoms. The van der Waals surface area contributed by atoms with Gasteiger partial charge in [-0.05, 0) is 17.7 Å². The number of benzene rings is 1. The SMILES string of the molecule is COC(=O)c1ccc(CN2CC(=O)NS2(=O)=O)cc1NC(C)=O. The highest BCUT2D eigenvalue weighted by atomic mass is 32.2. The van der Waals surface area contributed by atoms with Crippen molar-refractivity contribution in [1.29, 1.82) is 0 Å². The van der Waals surface area contributed by atoms with Gasteiger partial charge < -0.3 is 10.1 Å². The van der Waals surface area contributed by atoms with Gasteiger partial charge in [-0.15, -0.1) is 0 Å². The first-order chi connectivity index (χ1) is 10.7. The summed E-state index contributed by atoms with van der Waals surface area (Å²) in [6.45, 7) is 0.924. The maximum absolute atomic E-state index is 11.7. The zero-order valence-corrected chi connectivity index (χ0v) is 13.3. The van der Waals surface area contributed by atoms with Gasteiger partial charge in [-0.25, -0.2) is 9.52 Å². The zero-order chi connectivity index (χ0) is 17.2. The number of methoxy groups -OCH3 is 1. The molecule has 0 unspecified atom stereocenters. The minimum Gasteiger partial charge on any atom is -0.465 e. The van der Waals surface area contributed by atoms with Crippen molar-refractivity contribution in [2.75, 3.05) is 19.0 Å². The van der Waals surface area contributed by atoms with Crippen molar-refractivity contribution in [3.63, 3.8) is 0 Å². The minimum absolute atomic E-state index is 0.0743. The molecule has 0 aliphatic carbocycles. The molecule has 23 heavy (non-hydrogen) atoms. The summed E-state index contributed by atoms with van der Waals surface area (Å²) in [4.78, 5) is 34.1. The minimum atomic E-state index is -3.85. The lowest BCUT2D eigenvalue weighted by atomic mass is 10.1. The smallest absolute Gasteiger partial charge is 0.339 e. The Morgan fingerprint density at radius 2 is 2.09 bits per heavy atom. The van der Waals surface area contributed by atoms with Gasteiger partial charge in [0, 0.05) is 13.5 Å². The van der Waals surface area contributed by atoms with Gasteiger partial charge >= 0.3 is 16.2 Å². The Morgan fingerprint density at radius 1 is 1.39 bits per heavy atom. The molecule has 2 rings (SSSR count). The van der Waals surface area contributed by atoms with Gasteiger partial charge in [0.1, 0.15) is 0 Å². The monoisotopic (exact) mass is 341 g/mol. The Morgan fingerprint density at radius 3 is 2.61 bits per heavy atom. The van der Waals surface area contributed by atoms with E-state index >= 15 is 0 Å². The summed E-state index contributed by atoms with van der Waals surface area (Å²) in [5, 5.41) is 2.49. The molecule has 0 spiro atoms. The Bertz CT molecular complexity index is 774. The summed E-state index contributed by atoms with van der Waals surface area (Å²) >= 11 is 0. The Hall–Kier alpha value is -2.46. The van der Waals surface area contributed by atoms with E-state index in [0.717, 1.165) is 4.31 Å². The number of ether oxygens (including phenoxy) is 1. The van der Waals surface area contributed by atoms with Gasteiger partial charge in [0.05, 0.1) is 24.9 Å². The molecule has 1 aliphatic rings. The third kappa shape index (κ3) is 3.85. The average molecular weight is 341 g/mol. The van der Waals surface area contributed by atoms with Crippen molar-refractivity contribution in [2.24, 2.45) is 0 Å². The van der Waals surface area contributed by atoms with Gasteiger partial charge in [-0.2, -0.15) is 12.7 Å². The molecular formula is C13H15N3O6S. The average Bonchev–Trinajstić information content (AvgIpc) is 2.70. The van der Waals surface area contributed by atoms with E-state index in [1.165, 1.54) is 32.2 Å². The summed E-state index contributed by atoms with van der Waals surface area (Å²) in [5.41, 5.74) is 0.851. The predicted molar refractivity (Wildman–Crippen MR) is 79.6 cm³/mol. The van der Waals surface area contributed by atoms with Crippen molar-refractivity contribution in [3.8, 4) is 0 Å².